The number of nitrogens with one attached hydrogen (secondary N) is 2. The van der Waals surface area contributed by atoms with E-state index in [1.165, 1.54) is 4.57 Å². The van der Waals surface area contributed by atoms with Crippen LogP contribution in [-0.4, -0.2) is 32.0 Å². The van der Waals surface area contributed by atoms with Crippen LogP contribution in [0, 0.1) is 5.92 Å². The molecule has 2 N–H and O–H groups in total. The molecule has 0 aliphatic carbocycles. The molecule has 1 amide bonds. The fourth-order valence-electron chi connectivity index (χ4n) is 3.25. The van der Waals surface area contributed by atoms with Gasteiger partial charge in [0.1, 0.15) is 0 Å². The molecular formula is C22H27N5O3. The molecule has 0 spiro atoms. The van der Waals surface area contributed by atoms with Gasteiger partial charge in [0.15, 0.2) is 5.65 Å². The number of pyridine rings is 2. The predicted molar refractivity (Wildman–Crippen MR) is 116 cm³/mol. The lowest BCUT2D eigenvalue weighted by Gasteiger charge is -2.16. The van der Waals surface area contributed by atoms with Crippen molar-refractivity contribution >= 4 is 16.9 Å². The summed E-state index contributed by atoms with van der Waals surface area (Å²) in [5.74, 6) is -0.186. The number of hydrogen-bond acceptors (Lipinski definition) is 5. The van der Waals surface area contributed by atoms with Gasteiger partial charge in [-0.05, 0) is 30.0 Å². The highest BCUT2D eigenvalue weighted by Crippen LogP contribution is 2.20. The van der Waals surface area contributed by atoms with Crippen molar-refractivity contribution in [3.8, 4) is 0 Å². The first-order valence-electron chi connectivity index (χ1n) is 10.1. The van der Waals surface area contributed by atoms with Crippen molar-refractivity contribution in [2.24, 2.45) is 5.92 Å². The van der Waals surface area contributed by atoms with Gasteiger partial charge in [-0.1, -0.05) is 33.8 Å². The largest absolute Gasteiger partial charge is 0.352 e. The van der Waals surface area contributed by atoms with Gasteiger partial charge in [-0.3, -0.25) is 24.1 Å². The van der Waals surface area contributed by atoms with Crippen molar-refractivity contribution in [2.45, 2.75) is 46.6 Å². The number of carbonyl (C=O) groups excluding carboxylic acids is 1. The van der Waals surface area contributed by atoms with Crippen LogP contribution in [0.3, 0.4) is 0 Å². The molecule has 0 unspecified atom stereocenters. The van der Waals surface area contributed by atoms with Gasteiger partial charge in [-0.2, -0.15) is 0 Å². The Morgan fingerprint density at radius 2 is 1.97 bits per heavy atom. The Bertz CT molecular complexity index is 1160. The van der Waals surface area contributed by atoms with E-state index >= 15 is 0 Å². The Morgan fingerprint density at radius 3 is 2.60 bits per heavy atom. The minimum absolute atomic E-state index is 0.0244. The lowest BCUT2D eigenvalue weighted by atomic mass is 10.0. The Morgan fingerprint density at radius 1 is 1.20 bits per heavy atom. The predicted octanol–water partition coefficient (Wildman–Crippen LogP) is 2.23. The molecule has 0 aromatic carbocycles. The maximum absolute atomic E-state index is 13.0. The SMILES string of the molecule is CC(C)Cn1c(=O)[nH]c(=O)c2c(C(=O)NCCc3ccccn3)cc(C(C)C)nc21. The van der Waals surface area contributed by atoms with Gasteiger partial charge in [0.2, 0.25) is 0 Å². The summed E-state index contributed by atoms with van der Waals surface area (Å²) in [6.45, 7) is 8.62. The van der Waals surface area contributed by atoms with Crippen molar-refractivity contribution < 1.29 is 4.79 Å². The summed E-state index contributed by atoms with van der Waals surface area (Å²) in [7, 11) is 0. The smallest absolute Gasteiger partial charge is 0.330 e. The molecule has 0 bridgehead atoms. The molecule has 0 radical (unpaired) electrons. The maximum atomic E-state index is 13.0. The number of hydrogen-bond donors (Lipinski definition) is 2. The van der Waals surface area contributed by atoms with Crippen LogP contribution in [0.25, 0.3) is 11.0 Å². The van der Waals surface area contributed by atoms with E-state index in [1.54, 1.807) is 12.3 Å². The molecule has 0 saturated heterocycles. The average molecular weight is 409 g/mol. The van der Waals surface area contributed by atoms with Gasteiger partial charge in [-0.25, -0.2) is 9.78 Å². The van der Waals surface area contributed by atoms with E-state index in [1.807, 2.05) is 45.9 Å². The van der Waals surface area contributed by atoms with Crippen LogP contribution in [-0.2, 0) is 13.0 Å². The number of aromatic amines is 1. The number of carbonyl (C=O) groups is 1. The molecular weight excluding hydrogens is 382 g/mol. The summed E-state index contributed by atoms with van der Waals surface area (Å²) in [5.41, 5.74) is 0.870. The van der Waals surface area contributed by atoms with E-state index in [2.05, 4.69) is 20.3 Å². The molecule has 3 rings (SSSR count). The van der Waals surface area contributed by atoms with E-state index in [9.17, 15) is 14.4 Å². The Kier molecular flexibility index (Phi) is 6.44. The van der Waals surface area contributed by atoms with E-state index in [0.29, 0.717) is 25.2 Å². The lowest BCUT2D eigenvalue weighted by Crippen LogP contribution is -2.34. The summed E-state index contributed by atoms with van der Waals surface area (Å²) in [4.78, 5) is 49.2. The zero-order valence-electron chi connectivity index (χ0n) is 17.7. The zero-order valence-corrected chi connectivity index (χ0v) is 17.7. The van der Waals surface area contributed by atoms with Crippen molar-refractivity contribution in [1.29, 1.82) is 0 Å². The monoisotopic (exact) mass is 409 g/mol. The van der Waals surface area contributed by atoms with E-state index in [4.69, 9.17) is 0 Å². The molecule has 3 heterocycles. The Hall–Kier alpha value is -3.29. The maximum Gasteiger partial charge on any atom is 0.330 e. The third-order valence-electron chi connectivity index (χ3n) is 4.75. The first-order chi connectivity index (χ1) is 14.3. The molecule has 0 aliphatic heterocycles. The van der Waals surface area contributed by atoms with E-state index < -0.39 is 11.2 Å². The van der Waals surface area contributed by atoms with Crippen LogP contribution < -0.4 is 16.6 Å². The van der Waals surface area contributed by atoms with Crippen LogP contribution in [0.1, 0.15) is 55.4 Å². The van der Waals surface area contributed by atoms with E-state index in [-0.39, 0.29) is 34.3 Å². The minimum atomic E-state index is -0.604. The molecule has 0 fully saturated rings. The third kappa shape index (κ3) is 4.64. The standard InChI is InChI=1S/C22H27N5O3/c1-13(2)12-27-19-18(21(29)26-22(27)30)16(11-17(25-19)14(3)4)20(28)24-10-8-15-7-5-6-9-23-15/h5-7,9,11,13-14H,8,10,12H2,1-4H3,(H,24,28)(H,26,29,30). The summed E-state index contributed by atoms with van der Waals surface area (Å²) < 4.78 is 1.44. The summed E-state index contributed by atoms with van der Waals surface area (Å²) >= 11 is 0. The fraction of sp³-hybridized carbons (Fsp3) is 0.409. The summed E-state index contributed by atoms with van der Waals surface area (Å²) in [6, 6.07) is 7.26. The van der Waals surface area contributed by atoms with Gasteiger partial charge < -0.3 is 5.32 Å². The first kappa shape index (κ1) is 21.4. The number of aromatic nitrogens is 4. The first-order valence-corrected chi connectivity index (χ1v) is 10.1. The van der Waals surface area contributed by atoms with E-state index in [0.717, 1.165) is 5.69 Å². The molecule has 8 nitrogen and oxygen atoms in total. The lowest BCUT2D eigenvalue weighted by molar-refractivity contribution is 0.0955. The summed E-state index contributed by atoms with van der Waals surface area (Å²) in [6.07, 6.45) is 2.27. The van der Waals surface area contributed by atoms with Crippen molar-refractivity contribution in [3.63, 3.8) is 0 Å². The van der Waals surface area contributed by atoms with Gasteiger partial charge in [0, 0.05) is 37.1 Å². The van der Waals surface area contributed by atoms with Gasteiger partial charge >= 0.3 is 5.69 Å². The minimum Gasteiger partial charge on any atom is -0.352 e. The second-order valence-electron chi connectivity index (χ2n) is 8.04. The topological polar surface area (TPSA) is 110 Å². The highest BCUT2D eigenvalue weighted by Gasteiger charge is 2.20. The average Bonchev–Trinajstić information content (AvgIpc) is 2.70. The number of fused-ring (bicyclic) bond motifs is 1. The molecule has 3 aromatic heterocycles. The Balaban J connectivity index is 2.05. The van der Waals surface area contributed by atoms with Crippen LogP contribution >= 0.6 is 0 Å². The highest BCUT2D eigenvalue weighted by molar-refractivity contribution is 6.05. The Labute approximate surface area is 174 Å². The highest BCUT2D eigenvalue weighted by atomic mass is 16.2. The number of amides is 1. The molecule has 158 valence electrons. The zero-order chi connectivity index (χ0) is 21.8. The van der Waals surface area contributed by atoms with Crippen LogP contribution in [0.4, 0.5) is 0 Å². The second kappa shape index (κ2) is 9.02. The second-order valence-corrected chi connectivity index (χ2v) is 8.04. The molecule has 8 heteroatoms. The molecule has 0 aliphatic rings. The molecule has 0 saturated carbocycles. The van der Waals surface area contributed by atoms with Crippen LogP contribution in [0.2, 0.25) is 0 Å². The molecule has 3 aromatic rings. The molecule has 0 atom stereocenters. The van der Waals surface area contributed by atoms with Crippen molar-refractivity contribution in [2.75, 3.05) is 6.54 Å². The summed E-state index contributed by atoms with van der Waals surface area (Å²) in [5, 5.41) is 3.00. The number of nitrogens with zero attached hydrogens (tertiary/aromatic N) is 3. The van der Waals surface area contributed by atoms with Gasteiger partial charge in [0.25, 0.3) is 11.5 Å². The van der Waals surface area contributed by atoms with Crippen LogP contribution in [0.15, 0.2) is 40.1 Å². The van der Waals surface area contributed by atoms with Crippen LogP contribution in [0.5, 0.6) is 0 Å². The normalized spacial score (nSPS) is 11.4. The third-order valence-corrected chi connectivity index (χ3v) is 4.75. The number of rotatable bonds is 7. The van der Waals surface area contributed by atoms with Crippen molar-refractivity contribution in [1.82, 2.24) is 24.8 Å². The fourth-order valence-corrected chi connectivity index (χ4v) is 3.25. The van der Waals surface area contributed by atoms with Gasteiger partial charge in [-0.15, -0.1) is 0 Å². The quantitative estimate of drug-likeness (QED) is 0.622. The molecule has 30 heavy (non-hydrogen) atoms. The van der Waals surface area contributed by atoms with Gasteiger partial charge in [0.05, 0.1) is 10.9 Å². The van der Waals surface area contributed by atoms with Crippen molar-refractivity contribution in [3.05, 3.63) is 68.3 Å². The number of H-pyrrole nitrogens is 1.